The lowest BCUT2D eigenvalue weighted by atomic mass is 10.3. The van der Waals surface area contributed by atoms with Gasteiger partial charge in [0.2, 0.25) is 0 Å². The van der Waals surface area contributed by atoms with Crippen molar-refractivity contribution in [3.63, 3.8) is 0 Å². The number of aliphatic hydroxyl groups excluding tert-OH is 1. The van der Waals surface area contributed by atoms with Crippen molar-refractivity contribution in [2.45, 2.75) is 6.29 Å². The normalized spacial score (nSPS) is 12.6. The maximum atomic E-state index is 8.67. The molecule has 53 valence electrons. The summed E-state index contributed by atoms with van der Waals surface area (Å²) in [5, 5.41) is 8.67. The first-order valence-corrected chi connectivity index (χ1v) is 3.02. The summed E-state index contributed by atoms with van der Waals surface area (Å²) in [6.07, 6.45) is -0.984. The second kappa shape index (κ2) is 3.22. The quantitative estimate of drug-likeness (QED) is 0.621. The van der Waals surface area contributed by atoms with Gasteiger partial charge < -0.3 is 9.84 Å². The molecule has 1 N–H and O–H groups in total. The molecule has 0 aromatic heterocycles. The topological polar surface area (TPSA) is 29.5 Å². The molecule has 0 fully saturated rings. The molecule has 0 saturated heterocycles. The fraction of sp³-hybridized carbons (Fsp3) is 0.125. The number of para-hydroxylation sites is 1. The van der Waals surface area contributed by atoms with E-state index in [2.05, 4.69) is 6.92 Å². The highest BCUT2D eigenvalue weighted by molar-refractivity contribution is 5.20. The minimum absolute atomic E-state index is 0.630. The van der Waals surface area contributed by atoms with E-state index in [-0.39, 0.29) is 0 Å². The Hall–Kier alpha value is -1.02. The highest BCUT2D eigenvalue weighted by atomic mass is 16.6. The molecule has 1 aromatic rings. The largest absolute Gasteiger partial charge is 0.465 e. The van der Waals surface area contributed by atoms with Crippen molar-refractivity contribution in [2.24, 2.45) is 0 Å². The number of hydrogen-bond donors (Lipinski definition) is 1. The molecule has 2 nitrogen and oxygen atoms in total. The van der Waals surface area contributed by atoms with E-state index in [0.717, 1.165) is 0 Å². The fourth-order valence-electron chi connectivity index (χ4n) is 0.656. The van der Waals surface area contributed by atoms with Crippen LogP contribution < -0.4 is 4.74 Å². The Balaban J connectivity index is 2.59. The molecule has 10 heavy (non-hydrogen) atoms. The average Bonchev–Trinajstić information content (AvgIpc) is 1.88. The number of aliphatic hydroxyl groups is 1. The Morgan fingerprint density at radius 3 is 2.40 bits per heavy atom. The van der Waals surface area contributed by atoms with E-state index in [9.17, 15) is 0 Å². The fourth-order valence-corrected chi connectivity index (χ4v) is 0.656. The number of rotatable bonds is 2. The average molecular weight is 137 g/mol. The monoisotopic (exact) mass is 137 g/mol. The lowest BCUT2D eigenvalue weighted by Gasteiger charge is -2.06. The second-order valence-corrected chi connectivity index (χ2v) is 1.89. The van der Waals surface area contributed by atoms with E-state index in [4.69, 9.17) is 9.84 Å². The van der Waals surface area contributed by atoms with Crippen LogP contribution in [0.4, 0.5) is 0 Å². The summed E-state index contributed by atoms with van der Waals surface area (Å²) in [4.78, 5) is 0. The first-order valence-electron chi connectivity index (χ1n) is 3.02. The zero-order valence-corrected chi connectivity index (χ0v) is 5.53. The Labute approximate surface area is 60.1 Å². The van der Waals surface area contributed by atoms with E-state index >= 15 is 0 Å². The van der Waals surface area contributed by atoms with Crippen molar-refractivity contribution < 1.29 is 9.84 Å². The molecule has 1 radical (unpaired) electrons. The maximum absolute atomic E-state index is 8.67. The van der Waals surface area contributed by atoms with Crippen molar-refractivity contribution >= 4 is 0 Å². The van der Waals surface area contributed by atoms with Crippen LogP contribution in [-0.4, -0.2) is 11.4 Å². The lowest BCUT2D eigenvalue weighted by molar-refractivity contribution is 0.0223. The molecule has 0 amide bonds. The smallest absolute Gasteiger partial charge is 0.197 e. The first-order chi connectivity index (χ1) is 4.79. The summed E-state index contributed by atoms with van der Waals surface area (Å²) >= 11 is 0. The molecule has 1 rings (SSSR count). The molecular formula is C8H9O2. The van der Waals surface area contributed by atoms with E-state index in [1.54, 1.807) is 12.1 Å². The zero-order chi connectivity index (χ0) is 7.40. The molecule has 0 aliphatic rings. The van der Waals surface area contributed by atoms with Crippen molar-refractivity contribution in [2.75, 3.05) is 0 Å². The van der Waals surface area contributed by atoms with Gasteiger partial charge in [0, 0.05) is 6.92 Å². The molecule has 0 bridgehead atoms. The number of benzene rings is 1. The third-order valence-electron chi connectivity index (χ3n) is 1.02. The lowest BCUT2D eigenvalue weighted by Crippen LogP contribution is -2.09. The van der Waals surface area contributed by atoms with Crippen molar-refractivity contribution in [3.05, 3.63) is 37.3 Å². The zero-order valence-electron chi connectivity index (χ0n) is 5.53. The molecule has 1 atom stereocenters. The van der Waals surface area contributed by atoms with E-state index in [0.29, 0.717) is 5.75 Å². The molecule has 1 aromatic carbocycles. The van der Waals surface area contributed by atoms with Crippen molar-refractivity contribution in [1.29, 1.82) is 0 Å². The van der Waals surface area contributed by atoms with Crippen LogP contribution in [-0.2, 0) is 0 Å². The minimum Gasteiger partial charge on any atom is -0.465 e. The molecule has 0 spiro atoms. The third kappa shape index (κ3) is 2.07. The van der Waals surface area contributed by atoms with Gasteiger partial charge in [-0.25, -0.2) is 0 Å². The molecule has 1 unspecified atom stereocenters. The third-order valence-corrected chi connectivity index (χ3v) is 1.02. The standard InChI is InChI=1S/C8H9O2/c1-7(9)10-8-5-3-2-4-6-8/h2-7,9H,1H2. The summed E-state index contributed by atoms with van der Waals surface area (Å²) in [6.45, 7) is 3.27. The van der Waals surface area contributed by atoms with E-state index in [1.165, 1.54) is 0 Å². The highest BCUT2D eigenvalue weighted by Crippen LogP contribution is 2.08. The van der Waals surface area contributed by atoms with E-state index in [1.807, 2.05) is 18.2 Å². The summed E-state index contributed by atoms with van der Waals surface area (Å²) in [5.74, 6) is 0.630. The Bertz CT molecular complexity index is 182. The van der Waals surface area contributed by atoms with Gasteiger partial charge in [-0.15, -0.1) is 0 Å². The summed E-state index contributed by atoms with van der Waals surface area (Å²) in [5.41, 5.74) is 0. The van der Waals surface area contributed by atoms with Gasteiger partial charge in [-0.1, -0.05) is 18.2 Å². The van der Waals surface area contributed by atoms with Gasteiger partial charge >= 0.3 is 0 Å². The van der Waals surface area contributed by atoms with Crippen LogP contribution in [0.2, 0.25) is 0 Å². The summed E-state index contributed by atoms with van der Waals surface area (Å²) in [6, 6.07) is 9.06. The summed E-state index contributed by atoms with van der Waals surface area (Å²) < 4.78 is 4.86. The highest BCUT2D eigenvalue weighted by Gasteiger charge is 1.94. The van der Waals surface area contributed by atoms with Gasteiger partial charge in [-0.05, 0) is 12.1 Å². The molecule has 0 aliphatic carbocycles. The van der Waals surface area contributed by atoms with Crippen molar-refractivity contribution in [1.82, 2.24) is 0 Å². The Morgan fingerprint density at radius 2 is 1.90 bits per heavy atom. The molecule has 0 heterocycles. The van der Waals surface area contributed by atoms with Crippen LogP contribution in [0.5, 0.6) is 5.75 Å². The Kier molecular flexibility index (Phi) is 2.29. The number of hydrogen-bond acceptors (Lipinski definition) is 2. The molecular weight excluding hydrogens is 128 g/mol. The molecule has 2 heteroatoms. The van der Waals surface area contributed by atoms with Gasteiger partial charge in [0.05, 0.1) is 0 Å². The Morgan fingerprint density at radius 1 is 1.30 bits per heavy atom. The maximum Gasteiger partial charge on any atom is 0.197 e. The van der Waals surface area contributed by atoms with E-state index < -0.39 is 6.29 Å². The molecule has 0 aliphatic heterocycles. The number of ether oxygens (including phenoxy) is 1. The van der Waals surface area contributed by atoms with Crippen LogP contribution in [0.15, 0.2) is 30.3 Å². The molecule has 0 saturated carbocycles. The van der Waals surface area contributed by atoms with Gasteiger partial charge in [0.1, 0.15) is 5.75 Å². The predicted octanol–water partition coefficient (Wildman–Crippen LogP) is 1.22. The van der Waals surface area contributed by atoms with Gasteiger partial charge in [0.15, 0.2) is 6.29 Å². The summed E-state index contributed by atoms with van der Waals surface area (Å²) in [7, 11) is 0. The van der Waals surface area contributed by atoms with Crippen LogP contribution in [0, 0.1) is 6.92 Å². The second-order valence-electron chi connectivity index (χ2n) is 1.89. The van der Waals surface area contributed by atoms with Crippen molar-refractivity contribution in [3.8, 4) is 5.75 Å². The van der Waals surface area contributed by atoms with Crippen LogP contribution in [0.25, 0.3) is 0 Å². The van der Waals surface area contributed by atoms with Gasteiger partial charge in [0.25, 0.3) is 0 Å². The SMILES string of the molecule is [CH2]C(O)Oc1ccccc1. The van der Waals surface area contributed by atoms with Crippen LogP contribution in [0.3, 0.4) is 0 Å². The predicted molar refractivity (Wildman–Crippen MR) is 38.4 cm³/mol. The minimum atomic E-state index is -0.984. The van der Waals surface area contributed by atoms with Crippen LogP contribution in [0.1, 0.15) is 0 Å². The van der Waals surface area contributed by atoms with Crippen LogP contribution >= 0.6 is 0 Å². The first kappa shape index (κ1) is 7.09. The van der Waals surface area contributed by atoms with Gasteiger partial charge in [-0.2, -0.15) is 0 Å². The van der Waals surface area contributed by atoms with Gasteiger partial charge in [-0.3, -0.25) is 0 Å².